The van der Waals surface area contributed by atoms with Gasteiger partial charge in [-0.1, -0.05) is 31.1 Å². The van der Waals surface area contributed by atoms with Crippen molar-refractivity contribution in [1.82, 2.24) is 19.9 Å². The minimum Gasteiger partial charge on any atom is -0.497 e. The van der Waals surface area contributed by atoms with Gasteiger partial charge in [0.05, 0.1) is 13.5 Å². The molecule has 1 aromatic carbocycles. The minimum atomic E-state index is 0.00287. The predicted octanol–water partition coefficient (Wildman–Crippen LogP) is 2.90. The van der Waals surface area contributed by atoms with Crippen LogP contribution >= 0.6 is 0 Å². The smallest absolute Gasteiger partial charge is 0.227 e. The standard InChI is InChI=1S/C24H34N4O4/c1-17(2)14-23-25-22(26-32-23)11-13-28(18(3)29)20-6-5-12-27(16-20)24(30)15-19-7-9-21(31-4)10-8-19/h7-10,17,20H,5-6,11-16H2,1-4H3. The van der Waals surface area contributed by atoms with Crippen LogP contribution < -0.4 is 4.74 Å². The van der Waals surface area contributed by atoms with Crippen LogP contribution in [0, 0.1) is 5.92 Å². The second-order valence-electron chi connectivity index (χ2n) is 8.83. The van der Waals surface area contributed by atoms with Crippen LogP contribution in [0.25, 0.3) is 0 Å². The number of aromatic nitrogens is 2. The second kappa shape index (κ2) is 11.1. The zero-order valence-corrected chi connectivity index (χ0v) is 19.5. The van der Waals surface area contributed by atoms with E-state index in [1.54, 1.807) is 14.0 Å². The van der Waals surface area contributed by atoms with E-state index in [1.807, 2.05) is 34.1 Å². The molecular weight excluding hydrogens is 408 g/mol. The zero-order chi connectivity index (χ0) is 23.1. The van der Waals surface area contributed by atoms with E-state index < -0.39 is 0 Å². The van der Waals surface area contributed by atoms with Crippen molar-refractivity contribution in [3.8, 4) is 5.75 Å². The maximum atomic E-state index is 12.9. The minimum absolute atomic E-state index is 0.00287. The van der Waals surface area contributed by atoms with Crippen molar-refractivity contribution in [1.29, 1.82) is 0 Å². The summed E-state index contributed by atoms with van der Waals surface area (Å²) in [5.74, 6) is 2.56. The fourth-order valence-corrected chi connectivity index (χ4v) is 4.11. The van der Waals surface area contributed by atoms with E-state index in [9.17, 15) is 9.59 Å². The van der Waals surface area contributed by atoms with Gasteiger partial charge < -0.3 is 19.1 Å². The SMILES string of the molecule is COc1ccc(CC(=O)N2CCCC(N(CCc3noc(CC(C)C)n3)C(C)=O)C2)cc1. The molecule has 0 N–H and O–H groups in total. The number of carbonyl (C=O) groups excluding carboxylic acids is 2. The highest BCUT2D eigenvalue weighted by Gasteiger charge is 2.29. The van der Waals surface area contributed by atoms with Crippen LogP contribution in [0.3, 0.4) is 0 Å². The van der Waals surface area contributed by atoms with Gasteiger partial charge in [0.15, 0.2) is 5.82 Å². The molecular formula is C24H34N4O4. The maximum Gasteiger partial charge on any atom is 0.227 e. The Labute approximate surface area is 189 Å². The molecule has 2 heterocycles. The average molecular weight is 443 g/mol. The van der Waals surface area contributed by atoms with Crippen molar-refractivity contribution in [3.63, 3.8) is 0 Å². The molecule has 8 nitrogen and oxygen atoms in total. The van der Waals surface area contributed by atoms with Crippen LogP contribution in [-0.2, 0) is 28.9 Å². The van der Waals surface area contributed by atoms with E-state index in [0.717, 1.165) is 37.1 Å². The molecule has 1 atom stereocenters. The van der Waals surface area contributed by atoms with Gasteiger partial charge in [-0.15, -0.1) is 0 Å². The van der Waals surface area contributed by atoms with Crippen molar-refractivity contribution >= 4 is 11.8 Å². The summed E-state index contributed by atoms with van der Waals surface area (Å²) in [6.45, 7) is 7.58. The number of methoxy groups -OCH3 is 1. The first-order valence-electron chi connectivity index (χ1n) is 11.3. The summed E-state index contributed by atoms with van der Waals surface area (Å²) < 4.78 is 10.5. The van der Waals surface area contributed by atoms with Crippen LogP contribution in [0.1, 0.15) is 50.9 Å². The number of amides is 2. The van der Waals surface area contributed by atoms with Gasteiger partial charge in [0.2, 0.25) is 17.7 Å². The van der Waals surface area contributed by atoms with E-state index in [1.165, 1.54) is 0 Å². The molecule has 1 aliphatic heterocycles. The predicted molar refractivity (Wildman–Crippen MR) is 120 cm³/mol. The lowest BCUT2D eigenvalue weighted by molar-refractivity contribution is -0.138. The molecule has 1 aromatic heterocycles. The lowest BCUT2D eigenvalue weighted by Gasteiger charge is -2.39. The third-order valence-electron chi connectivity index (χ3n) is 5.78. The van der Waals surface area contributed by atoms with Crippen molar-refractivity contribution < 1.29 is 18.8 Å². The van der Waals surface area contributed by atoms with E-state index in [2.05, 4.69) is 24.0 Å². The summed E-state index contributed by atoms with van der Waals surface area (Å²) in [7, 11) is 1.62. The lowest BCUT2D eigenvalue weighted by atomic mass is 10.0. The van der Waals surface area contributed by atoms with Crippen LogP contribution in [0.15, 0.2) is 28.8 Å². The van der Waals surface area contributed by atoms with Crippen LogP contribution in [0.5, 0.6) is 5.75 Å². The van der Waals surface area contributed by atoms with Gasteiger partial charge in [-0.25, -0.2) is 0 Å². The number of benzene rings is 1. The van der Waals surface area contributed by atoms with Gasteiger partial charge in [-0.2, -0.15) is 4.98 Å². The van der Waals surface area contributed by atoms with E-state index in [-0.39, 0.29) is 17.9 Å². The molecule has 2 amide bonds. The highest BCUT2D eigenvalue weighted by Crippen LogP contribution is 2.19. The molecule has 0 saturated carbocycles. The van der Waals surface area contributed by atoms with Gasteiger partial charge in [-0.05, 0) is 36.5 Å². The molecule has 0 spiro atoms. The summed E-state index contributed by atoms with van der Waals surface area (Å²) in [4.78, 5) is 33.4. The Morgan fingerprint density at radius 2 is 2.03 bits per heavy atom. The number of likely N-dealkylation sites (tertiary alicyclic amines) is 1. The molecule has 174 valence electrons. The molecule has 1 fully saturated rings. The number of ether oxygens (including phenoxy) is 1. The average Bonchev–Trinajstić information content (AvgIpc) is 3.21. The molecule has 0 aliphatic carbocycles. The molecule has 1 saturated heterocycles. The largest absolute Gasteiger partial charge is 0.497 e. The van der Waals surface area contributed by atoms with Gasteiger partial charge >= 0.3 is 0 Å². The summed E-state index contributed by atoms with van der Waals surface area (Å²) in [6, 6.07) is 7.56. The number of nitrogens with zero attached hydrogens (tertiary/aromatic N) is 4. The third-order valence-corrected chi connectivity index (χ3v) is 5.78. The maximum absolute atomic E-state index is 12.9. The van der Waals surface area contributed by atoms with Crippen molar-refractivity contribution in [2.45, 2.75) is 58.9 Å². The molecule has 2 aromatic rings. The van der Waals surface area contributed by atoms with E-state index >= 15 is 0 Å². The lowest BCUT2D eigenvalue weighted by Crippen LogP contribution is -2.52. The topological polar surface area (TPSA) is 88.8 Å². The highest BCUT2D eigenvalue weighted by atomic mass is 16.5. The fourth-order valence-electron chi connectivity index (χ4n) is 4.11. The summed E-state index contributed by atoms with van der Waals surface area (Å²) in [5, 5.41) is 4.05. The second-order valence-corrected chi connectivity index (χ2v) is 8.83. The van der Waals surface area contributed by atoms with Crippen LogP contribution in [0.2, 0.25) is 0 Å². The Kier molecular flexibility index (Phi) is 8.25. The first kappa shape index (κ1) is 23.8. The Bertz CT molecular complexity index is 894. The Morgan fingerprint density at radius 3 is 2.69 bits per heavy atom. The molecule has 0 bridgehead atoms. The van der Waals surface area contributed by atoms with Gasteiger partial charge in [0.25, 0.3) is 0 Å². The van der Waals surface area contributed by atoms with E-state index in [4.69, 9.17) is 9.26 Å². The number of rotatable bonds is 9. The summed E-state index contributed by atoms with van der Waals surface area (Å²) in [6.07, 6.45) is 3.40. The van der Waals surface area contributed by atoms with Crippen LogP contribution in [-0.4, -0.2) is 64.5 Å². The quantitative estimate of drug-likeness (QED) is 0.593. The first-order valence-corrected chi connectivity index (χ1v) is 11.3. The number of carbonyl (C=O) groups is 2. The number of piperidine rings is 1. The Morgan fingerprint density at radius 1 is 1.28 bits per heavy atom. The molecule has 1 aliphatic rings. The van der Waals surface area contributed by atoms with E-state index in [0.29, 0.717) is 43.6 Å². The third kappa shape index (κ3) is 6.55. The highest BCUT2D eigenvalue weighted by molar-refractivity contribution is 5.79. The zero-order valence-electron chi connectivity index (χ0n) is 19.5. The first-order chi connectivity index (χ1) is 15.4. The van der Waals surface area contributed by atoms with Crippen molar-refractivity contribution in [2.24, 2.45) is 5.92 Å². The molecule has 0 radical (unpaired) electrons. The summed E-state index contributed by atoms with van der Waals surface area (Å²) >= 11 is 0. The summed E-state index contributed by atoms with van der Waals surface area (Å²) in [5.41, 5.74) is 0.954. The molecule has 3 rings (SSSR count). The monoisotopic (exact) mass is 442 g/mol. The fraction of sp³-hybridized carbons (Fsp3) is 0.583. The number of hydrogen-bond acceptors (Lipinski definition) is 6. The molecule has 8 heteroatoms. The van der Waals surface area contributed by atoms with Crippen LogP contribution in [0.4, 0.5) is 0 Å². The van der Waals surface area contributed by atoms with Crippen molar-refractivity contribution in [3.05, 3.63) is 41.5 Å². The Hall–Kier alpha value is -2.90. The Balaban J connectivity index is 1.57. The molecule has 1 unspecified atom stereocenters. The van der Waals surface area contributed by atoms with Gasteiger partial charge in [0.1, 0.15) is 5.75 Å². The van der Waals surface area contributed by atoms with Gasteiger partial charge in [-0.3, -0.25) is 9.59 Å². The molecule has 32 heavy (non-hydrogen) atoms. The van der Waals surface area contributed by atoms with Gasteiger partial charge in [0, 0.05) is 45.4 Å². The van der Waals surface area contributed by atoms with Crippen molar-refractivity contribution in [2.75, 3.05) is 26.7 Å². The normalized spacial score (nSPS) is 16.3. The number of hydrogen-bond donors (Lipinski definition) is 0.